The van der Waals surface area contributed by atoms with Crippen LogP contribution in [0.5, 0.6) is 0 Å². The molecule has 0 amide bonds. The molecule has 1 aliphatic rings. The van der Waals surface area contributed by atoms with E-state index in [0.717, 1.165) is 18.9 Å². The number of hydrogen-bond donors (Lipinski definition) is 1. The van der Waals surface area contributed by atoms with Gasteiger partial charge in [0.15, 0.2) is 0 Å². The first-order chi connectivity index (χ1) is 7.78. The maximum Gasteiger partial charge on any atom is 0.0728 e. The third-order valence-corrected chi connectivity index (χ3v) is 3.41. The zero-order valence-electron chi connectivity index (χ0n) is 10.4. The summed E-state index contributed by atoms with van der Waals surface area (Å²) >= 11 is 0. The van der Waals surface area contributed by atoms with Gasteiger partial charge in [0, 0.05) is 18.8 Å². The molecule has 0 spiro atoms. The number of anilines is 1. The monoisotopic (exact) mass is 221 g/mol. The maximum atomic E-state index is 4.33. The highest BCUT2D eigenvalue weighted by atomic mass is 15.3. The Balaban J connectivity index is 1.77. The van der Waals surface area contributed by atoms with Crippen LogP contribution in [-0.2, 0) is 6.54 Å². The average Bonchev–Trinajstić information content (AvgIpc) is 2.60. The van der Waals surface area contributed by atoms with E-state index in [1.807, 2.05) is 10.9 Å². The van der Waals surface area contributed by atoms with E-state index in [4.69, 9.17) is 0 Å². The molecular weight excluding hydrogens is 198 g/mol. The molecule has 0 aliphatic heterocycles. The van der Waals surface area contributed by atoms with Crippen molar-refractivity contribution in [3.63, 3.8) is 0 Å². The molecule has 16 heavy (non-hydrogen) atoms. The normalized spacial score (nSPS) is 18.1. The number of aryl methyl sites for hydroxylation is 1. The van der Waals surface area contributed by atoms with Gasteiger partial charge in [-0.15, -0.1) is 0 Å². The molecule has 1 unspecified atom stereocenters. The maximum absolute atomic E-state index is 4.33. The number of nitrogens with zero attached hydrogens (tertiary/aromatic N) is 2. The first kappa shape index (κ1) is 11.5. The van der Waals surface area contributed by atoms with E-state index in [0.29, 0.717) is 6.04 Å². The summed E-state index contributed by atoms with van der Waals surface area (Å²) in [5, 5.41) is 7.86. The number of nitrogens with one attached hydrogen (secondary N) is 1. The third-order valence-electron chi connectivity index (χ3n) is 3.41. The fraction of sp³-hybridized carbons (Fsp3) is 0.769. The smallest absolute Gasteiger partial charge is 0.0728 e. The fourth-order valence-corrected chi connectivity index (χ4v) is 2.36. The van der Waals surface area contributed by atoms with E-state index in [9.17, 15) is 0 Å². The molecule has 3 heteroatoms. The second-order valence-corrected chi connectivity index (χ2v) is 5.07. The summed E-state index contributed by atoms with van der Waals surface area (Å²) in [7, 11) is 0. The lowest BCUT2D eigenvalue weighted by molar-refractivity contribution is 0.286. The molecule has 1 saturated carbocycles. The van der Waals surface area contributed by atoms with Crippen molar-refractivity contribution in [2.24, 2.45) is 5.92 Å². The van der Waals surface area contributed by atoms with Crippen LogP contribution in [0.4, 0.5) is 5.69 Å². The third kappa shape index (κ3) is 3.00. The Morgan fingerprint density at radius 3 is 3.00 bits per heavy atom. The van der Waals surface area contributed by atoms with Crippen LogP contribution in [0.3, 0.4) is 0 Å². The minimum atomic E-state index is 0.574. The van der Waals surface area contributed by atoms with E-state index in [-0.39, 0.29) is 0 Å². The summed E-state index contributed by atoms with van der Waals surface area (Å²) in [6.07, 6.45) is 10.8. The average molecular weight is 221 g/mol. The van der Waals surface area contributed by atoms with E-state index in [1.54, 1.807) is 0 Å². The zero-order valence-corrected chi connectivity index (χ0v) is 10.4. The SMILES string of the molecule is CCCn1cc(NC(C)CC2CCC2)cn1. The highest BCUT2D eigenvalue weighted by Crippen LogP contribution is 2.30. The summed E-state index contributed by atoms with van der Waals surface area (Å²) in [6, 6.07) is 0.574. The van der Waals surface area contributed by atoms with Crippen molar-refractivity contribution in [2.45, 2.75) is 58.5 Å². The van der Waals surface area contributed by atoms with Gasteiger partial charge in [0.2, 0.25) is 0 Å². The Morgan fingerprint density at radius 1 is 1.56 bits per heavy atom. The van der Waals surface area contributed by atoms with E-state index in [1.165, 1.54) is 31.4 Å². The minimum absolute atomic E-state index is 0.574. The lowest BCUT2D eigenvalue weighted by Crippen LogP contribution is -2.23. The first-order valence-electron chi connectivity index (χ1n) is 6.57. The molecule has 3 nitrogen and oxygen atoms in total. The molecule has 1 aromatic rings. The van der Waals surface area contributed by atoms with Gasteiger partial charge in [-0.05, 0) is 25.7 Å². The van der Waals surface area contributed by atoms with Gasteiger partial charge >= 0.3 is 0 Å². The summed E-state index contributed by atoms with van der Waals surface area (Å²) in [6.45, 7) is 5.46. The molecule has 0 saturated heterocycles. The molecular formula is C13H23N3. The summed E-state index contributed by atoms with van der Waals surface area (Å²) in [4.78, 5) is 0. The van der Waals surface area contributed by atoms with Gasteiger partial charge in [0.05, 0.1) is 11.9 Å². The van der Waals surface area contributed by atoms with Crippen LogP contribution in [0.15, 0.2) is 12.4 Å². The van der Waals surface area contributed by atoms with Crippen molar-refractivity contribution < 1.29 is 0 Å². The van der Waals surface area contributed by atoms with Crippen molar-refractivity contribution in [3.05, 3.63) is 12.4 Å². The number of aromatic nitrogens is 2. The largest absolute Gasteiger partial charge is 0.380 e. The van der Waals surface area contributed by atoms with Crippen molar-refractivity contribution in [2.75, 3.05) is 5.32 Å². The first-order valence-corrected chi connectivity index (χ1v) is 6.57. The molecule has 1 heterocycles. The van der Waals surface area contributed by atoms with E-state index in [2.05, 4.69) is 30.5 Å². The van der Waals surface area contributed by atoms with E-state index < -0.39 is 0 Å². The summed E-state index contributed by atoms with van der Waals surface area (Å²) in [5.74, 6) is 0.966. The van der Waals surface area contributed by atoms with Gasteiger partial charge in [0.1, 0.15) is 0 Å². The standard InChI is InChI=1S/C13H23N3/c1-3-7-16-10-13(9-14-16)15-11(2)8-12-5-4-6-12/h9-12,15H,3-8H2,1-2H3. The molecule has 0 aromatic carbocycles. The number of rotatable bonds is 6. The highest BCUT2D eigenvalue weighted by molar-refractivity contribution is 5.39. The molecule has 1 aliphatic carbocycles. The van der Waals surface area contributed by atoms with Gasteiger partial charge in [-0.2, -0.15) is 5.10 Å². The summed E-state index contributed by atoms with van der Waals surface area (Å²) in [5.41, 5.74) is 1.17. The lowest BCUT2D eigenvalue weighted by Gasteiger charge is -2.28. The van der Waals surface area contributed by atoms with Gasteiger partial charge in [-0.3, -0.25) is 4.68 Å². The minimum Gasteiger partial charge on any atom is -0.380 e. The molecule has 90 valence electrons. The van der Waals surface area contributed by atoms with E-state index >= 15 is 0 Å². The molecule has 2 rings (SSSR count). The van der Waals surface area contributed by atoms with Crippen molar-refractivity contribution >= 4 is 5.69 Å². The van der Waals surface area contributed by atoms with Crippen LogP contribution in [0.2, 0.25) is 0 Å². The van der Waals surface area contributed by atoms with Crippen LogP contribution in [0, 0.1) is 5.92 Å². The topological polar surface area (TPSA) is 29.9 Å². The Hall–Kier alpha value is -0.990. The molecule has 1 N–H and O–H groups in total. The second-order valence-electron chi connectivity index (χ2n) is 5.07. The van der Waals surface area contributed by atoms with Gasteiger partial charge < -0.3 is 5.32 Å². The quantitative estimate of drug-likeness (QED) is 0.799. The van der Waals surface area contributed by atoms with Crippen LogP contribution >= 0.6 is 0 Å². The van der Waals surface area contributed by atoms with Crippen LogP contribution in [0.1, 0.15) is 46.0 Å². The predicted octanol–water partition coefficient (Wildman–Crippen LogP) is 3.28. The molecule has 0 radical (unpaired) electrons. The zero-order chi connectivity index (χ0) is 11.4. The van der Waals surface area contributed by atoms with Gasteiger partial charge in [0.25, 0.3) is 0 Å². The second kappa shape index (κ2) is 5.37. The molecule has 1 fully saturated rings. The molecule has 0 bridgehead atoms. The molecule has 1 atom stereocenters. The lowest BCUT2D eigenvalue weighted by atomic mass is 9.81. The van der Waals surface area contributed by atoms with Crippen LogP contribution in [-0.4, -0.2) is 15.8 Å². The van der Waals surface area contributed by atoms with Crippen molar-refractivity contribution in [1.29, 1.82) is 0 Å². The van der Waals surface area contributed by atoms with Crippen LogP contribution < -0.4 is 5.32 Å². The Labute approximate surface area is 98.2 Å². The predicted molar refractivity (Wildman–Crippen MR) is 67.6 cm³/mol. The summed E-state index contributed by atoms with van der Waals surface area (Å²) < 4.78 is 2.01. The fourth-order valence-electron chi connectivity index (χ4n) is 2.36. The highest BCUT2D eigenvalue weighted by Gasteiger charge is 2.19. The van der Waals surface area contributed by atoms with Gasteiger partial charge in [-0.25, -0.2) is 0 Å². The van der Waals surface area contributed by atoms with Gasteiger partial charge in [-0.1, -0.05) is 26.2 Å². The number of hydrogen-bond acceptors (Lipinski definition) is 2. The van der Waals surface area contributed by atoms with Crippen molar-refractivity contribution in [1.82, 2.24) is 9.78 Å². The van der Waals surface area contributed by atoms with Crippen molar-refractivity contribution in [3.8, 4) is 0 Å². The molecule has 1 aromatic heterocycles. The Morgan fingerprint density at radius 2 is 2.38 bits per heavy atom. The Bertz CT molecular complexity index is 315. The Kier molecular flexibility index (Phi) is 3.86. The van der Waals surface area contributed by atoms with Crippen LogP contribution in [0.25, 0.3) is 0 Å².